The van der Waals surface area contributed by atoms with Gasteiger partial charge in [-0.2, -0.15) is 0 Å². The Morgan fingerprint density at radius 2 is 1.79 bits per heavy atom. The van der Waals surface area contributed by atoms with E-state index >= 15 is 0 Å². The van der Waals surface area contributed by atoms with Crippen LogP contribution in [0.3, 0.4) is 0 Å². The number of phenols is 1. The SMILES string of the molecule is O=S(=O)(Cl)Cc1c(F)ccc(F)c1O. The molecule has 0 radical (unpaired) electrons. The molecule has 3 nitrogen and oxygen atoms in total. The molecule has 0 aliphatic rings. The summed E-state index contributed by atoms with van der Waals surface area (Å²) in [5, 5.41) is 9.00. The maximum absolute atomic E-state index is 12.9. The molecule has 0 fully saturated rings. The van der Waals surface area contributed by atoms with Gasteiger partial charge in [0.05, 0.1) is 5.75 Å². The van der Waals surface area contributed by atoms with Crippen LogP contribution in [0.4, 0.5) is 8.78 Å². The number of aromatic hydroxyl groups is 1. The van der Waals surface area contributed by atoms with Crippen molar-refractivity contribution in [3.63, 3.8) is 0 Å². The van der Waals surface area contributed by atoms with Crippen molar-refractivity contribution in [2.75, 3.05) is 0 Å². The van der Waals surface area contributed by atoms with Crippen molar-refractivity contribution in [1.29, 1.82) is 0 Å². The van der Waals surface area contributed by atoms with Gasteiger partial charge in [-0.3, -0.25) is 0 Å². The molecule has 7 heteroatoms. The first-order chi connectivity index (χ1) is 6.31. The molecule has 0 aliphatic heterocycles. The van der Waals surface area contributed by atoms with Crippen LogP contribution in [0, 0.1) is 11.6 Å². The molecule has 0 atom stereocenters. The van der Waals surface area contributed by atoms with Gasteiger partial charge in [0.2, 0.25) is 9.05 Å². The molecule has 1 N–H and O–H groups in total. The molecule has 14 heavy (non-hydrogen) atoms. The van der Waals surface area contributed by atoms with E-state index in [1.807, 2.05) is 0 Å². The van der Waals surface area contributed by atoms with Crippen molar-refractivity contribution in [3.05, 3.63) is 29.3 Å². The maximum atomic E-state index is 12.9. The van der Waals surface area contributed by atoms with E-state index in [0.717, 1.165) is 0 Å². The highest BCUT2D eigenvalue weighted by Crippen LogP contribution is 2.26. The average Bonchev–Trinajstić information content (AvgIpc) is 2.04. The first-order valence-corrected chi connectivity index (χ1v) is 5.87. The van der Waals surface area contributed by atoms with Gasteiger partial charge in [0, 0.05) is 16.2 Å². The van der Waals surface area contributed by atoms with Gasteiger partial charge in [-0.1, -0.05) is 0 Å². The summed E-state index contributed by atoms with van der Waals surface area (Å²) in [6, 6.07) is 1.40. The average molecular weight is 243 g/mol. The van der Waals surface area contributed by atoms with E-state index in [1.54, 1.807) is 0 Å². The standard InChI is InChI=1S/C7H5ClF2O3S/c8-14(12,13)3-4-5(9)1-2-6(10)7(4)11/h1-2,11H,3H2. The van der Waals surface area contributed by atoms with Gasteiger partial charge >= 0.3 is 0 Å². The molecule has 0 aromatic heterocycles. The Hall–Kier alpha value is -0.880. The van der Waals surface area contributed by atoms with Crippen molar-refractivity contribution in [2.24, 2.45) is 0 Å². The van der Waals surface area contributed by atoms with Crippen molar-refractivity contribution in [2.45, 2.75) is 5.75 Å². The number of halogens is 3. The summed E-state index contributed by atoms with van der Waals surface area (Å²) in [5.74, 6) is -4.10. The molecular formula is C7H5ClF2O3S. The molecule has 1 aromatic rings. The zero-order valence-corrected chi connectivity index (χ0v) is 8.24. The van der Waals surface area contributed by atoms with E-state index in [-0.39, 0.29) is 0 Å². The molecular weight excluding hydrogens is 238 g/mol. The van der Waals surface area contributed by atoms with Gasteiger partial charge in [0.15, 0.2) is 11.6 Å². The fraction of sp³-hybridized carbons (Fsp3) is 0.143. The normalized spacial score (nSPS) is 11.6. The van der Waals surface area contributed by atoms with Crippen LogP contribution in [-0.4, -0.2) is 13.5 Å². The molecule has 0 saturated carbocycles. The third-order valence-electron chi connectivity index (χ3n) is 1.49. The van der Waals surface area contributed by atoms with Gasteiger partial charge in [-0.05, 0) is 12.1 Å². The zero-order chi connectivity index (χ0) is 10.9. The smallest absolute Gasteiger partial charge is 0.237 e. The zero-order valence-electron chi connectivity index (χ0n) is 6.67. The van der Waals surface area contributed by atoms with Crippen molar-refractivity contribution in [3.8, 4) is 5.75 Å². The third kappa shape index (κ3) is 2.55. The van der Waals surface area contributed by atoms with Gasteiger partial charge < -0.3 is 5.11 Å². The highest BCUT2D eigenvalue weighted by molar-refractivity contribution is 8.13. The van der Waals surface area contributed by atoms with Crippen LogP contribution in [-0.2, 0) is 14.8 Å². The van der Waals surface area contributed by atoms with Gasteiger partial charge in [0.25, 0.3) is 0 Å². The lowest BCUT2D eigenvalue weighted by Gasteiger charge is -2.04. The molecule has 0 bridgehead atoms. The van der Waals surface area contributed by atoms with Crippen molar-refractivity contribution < 1.29 is 22.3 Å². The Morgan fingerprint density at radius 1 is 1.29 bits per heavy atom. The van der Waals surface area contributed by atoms with Crippen LogP contribution in [0.5, 0.6) is 5.75 Å². The molecule has 0 heterocycles. The van der Waals surface area contributed by atoms with Crippen molar-refractivity contribution in [1.82, 2.24) is 0 Å². The summed E-state index contributed by atoms with van der Waals surface area (Å²) < 4.78 is 46.8. The predicted octanol–water partition coefficient (Wildman–Crippen LogP) is 1.74. The summed E-state index contributed by atoms with van der Waals surface area (Å²) in [6.07, 6.45) is 0. The molecule has 0 spiro atoms. The lowest BCUT2D eigenvalue weighted by atomic mass is 10.2. The summed E-state index contributed by atoms with van der Waals surface area (Å²) in [6.45, 7) is 0. The third-order valence-corrected chi connectivity index (χ3v) is 2.45. The number of hydrogen-bond acceptors (Lipinski definition) is 3. The lowest BCUT2D eigenvalue weighted by molar-refractivity contribution is 0.420. The van der Waals surface area contributed by atoms with Crippen LogP contribution in [0.25, 0.3) is 0 Å². The summed E-state index contributed by atoms with van der Waals surface area (Å²) in [5.41, 5.74) is -0.667. The Kier molecular flexibility index (Phi) is 2.96. The number of benzene rings is 1. The Bertz CT molecular complexity index is 458. The lowest BCUT2D eigenvalue weighted by Crippen LogP contribution is -2.00. The van der Waals surface area contributed by atoms with Gasteiger partial charge in [0.1, 0.15) is 5.82 Å². The molecule has 78 valence electrons. The fourth-order valence-electron chi connectivity index (χ4n) is 0.893. The van der Waals surface area contributed by atoms with Crippen LogP contribution in [0.1, 0.15) is 5.56 Å². The predicted molar refractivity (Wildman–Crippen MR) is 46.5 cm³/mol. The van der Waals surface area contributed by atoms with Gasteiger partial charge in [-0.15, -0.1) is 0 Å². The topological polar surface area (TPSA) is 54.4 Å². The van der Waals surface area contributed by atoms with E-state index in [4.69, 9.17) is 15.8 Å². The molecule has 1 aromatic carbocycles. The second-order valence-corrected chi connectivity index (χ2v) is 5.32. The molecule has 0 saturated heterocycles. The molecule has 0 aliphatic carbocycles. The fourth-order valence-corrected chi connectivity index (χ4v) is 1.84. The quantitative estimate of drug-likeness (QED) is 0.804. The minimum absolute atomic E-state index is 0.667. The highest BCUT2D eigenvalue weighted by atomic mass is 35.7. The second kappa shape index (κ2) is 3.70. The van der Waals surface area contributed by atoms with Crippen LogP contribution in [0.2, 0.25) is 0 Å². The Balaban J connectivity index is 3.27. The van der Waals surface area contributed by atoms with Crippen LogP contribution in [0.15, 0.2) is 12.1 Å². The minimum atomic E-state index is -4.03. The molecule has 0 unspecified atom stereocenters. The van der Waals surface area contributed by atoms with E-state index in [9.17, 15) is 17.2 Å². The molecule has 0 amide bonds. The largest absolute Gasteiger partial charge is 0.505 e. The second-order valence-electron chi connectivity index (χ2n) is 2.54. The maximum Gasteiger partial charge on any atom is 0.237 e. The Labute approximate surface area is 83.4 Å². The van der Waals surface area contributed by atoms with Crippen LogP contribution < -0.4 is 0 Å². The van der Waals surface area contributed by atoms with E-state index in [1.165, 1.54) is 0 Å². The van der Waals surface area contributed by atoms with Gasteiger partial charge in [-0.25, -0.2) is 17.2 Å². The van der Waals surface area contributed by atoms with E-state index < -0.39 is 37.8 Å². The summed E-state index contributed by atoms with van der Waals surface area (Å²) in [4.78, 5) is 0. The minimum Gasteiger partial charge on any atom is -0.505 e. The number of phenolic OH excluding ortho intramolecular Hbond substituents is 1. The molecule has 1 rings (SSSR count). The number of hydrogen-bond donors (Lipinski definition) is 1. The van der Waals surface area contributed by atoms with Crippen molar-refractivity contribution >= 4 is 19.7 Å². The van der Waals surface area contributed by atoms with E-state index in [0.29, 0.717) is 12.1 Å². The highest BCUT2D eigenvalue weighted by Gasteiger charge is 2.18. The summed E-state index contributed by atoms with van der Waals surface area (Å²) >= 11 is 0. The first kappa shape index (κ1) is 11.2. The monoisotopic (exact) mass is 242 g/mol. The van der Waals surface area contributed by atoms with E-state index in [2.05, 4.69) is 0 Å². The summed E-state index contributed by atoms with van der Waals surface area (Å²) in [7, 11) is 0.803. The Morgan fingerprint density at radius 3 is 2.29 bits per heavy atom. The van der Waals surface area contributed by atoms with Crippen LogP contribution >= 0.6 is 10.7 Å². The first-order valence-electron chi connectivity index (χ1n) is 3.39. The number of rotatable bonds is 2.